The Labute approximate surface area is 196 Å². The highest BCUT2D eigenvalue weighted by Gasteiger charge is 2.09. The standard InChI is InChI=1S/C22H17BrClIN2O2/c1-14-2-8-18(20(24)10-14)22(28)27-26-12-16-5-9-21(19(23)11-16)29-13-15-3-6-17(25)7-4-15/h2-12H,13H2,1H3,(H,27,28)/b26-12-. The Morgan fingerprint density at radius 1 is 1.17 bits per heavy atom. The van der Waals surface area contributed by atoms with Crippen molar-refractivity contribution in [3.63, 3.8) is 0 Å². The highest BCUT2D eigenvalue weighted by atomic mass is 127. The van der Waals surface area contributed by atoms with Crippen molar-refractivity contribution in [2.24, 2.45) is 5.10 Å². The van der Waals surface area contributed by atoms with Gasteiger partial charge in [-0.05, 0) is 105 Å². The lowest BCUT2D eigenvalue weighted by Crippen LogP contribution is -2.18. The second-order valence-corrected chi connectivity index (χ2v) is 8.79. The molecule has 0 spiro atoms. The Bertz CT molecular complexity index is 1060. The summed E-state index contributed by atoms with van der Waals surface area (Å²) in [6.45, 7) is 2.40. The molecule has 0 atom stereocenters. The third-order valence-corrected chi connectivity index (χ3v) is 5.66. The molecule has 0 fully saturated rings. The number of amides is 1. The number of hydrogen-bond donors (Lipinski definition) is 1. The van der Waals surface area contributed by atoms with Crippen molar-refractivity contribution < 1.29 is 9.53 Å². The van der Waals surface area contributed by atoms with E-state index in [1.807, 2.05) is 55.5 Å². The highest BCUT2D eigenvalue weighted by Crippen LogP contribution is 2.26. The number of halogens is 3. The zero-order valence-corrected chi connectivity index (χ0v) is 20.0. The summed E-state index contributed by atoms with van der Waals surface area (Å²) in [5.41, 5.74) is 5.78. The van der Waals surface area contributed by atoms with Crippen molar-refractivity contribution in [3.8, 4) is 5.75 Å². The predicted molar refractivity (Wildman–Crippen MR) is 129 cm³/mol. The van der Waals surface area contributed by atoms with Crippen LogP contribution in [-0.2, 0) is 6.61 Å². The van der Waals surface area contributed by atoms with E-state index in [0.717, 1.165) is 26.9 Å². The zero-order chi connectivity index (χ0) is 20.8. The first-order chi connectivity index (χ1) is 13.9. The SMILES string of the molecule is Cc1ccc(C(=O)N/N=C\c2ccc(OCc3ccc(I)cc3)c(Br)c2)c(Cl)c1. The molecule has 3 aromatic carbocycles. The summed E-state index contributed by atoms with van der Waals surface area (Å²) < 4.78 is 7.86. The van der Waals surface area contributed by atoms with Gasteiger partial charge >= 0.3 is 0 Å². The molecule has 0 heterocycles. The largest absolute Gasteiger partial charge is 0.488 e. The van der Waals surface area contributed by atoms with Crippen LogP contribution in [0.2, 0.25) is 5.02 Å². The molecule has 148 valence electrons. The lowest BCUT2D eigenvalue weighted by Gasteiger charge is -2.09. The van der Waals surface area contributed by atoms with Crippen LogP contribution in [0.3, 0.4) is 0 Å². The molecule has 7 heteroatoms. The Morgan fingerprint density at radius 3 is 2.62 bits per heavy atom. The Hall–Kier alpha value is -1.90. The maximum Gasteiger partial charge on any atom is 0.272 e. The summed E-state index contributed by atoms with van der Waals surface area (Å²) in [6.07, 6.45) is 1.56. The molecule has 0 aliphatic carbocycles. The number of benzene rings is 3. The number of hydrogen-bond acceptors (Lipinski definition) is 3. The minimum Gasteiger partial charge on any atom is -0.488 e. The van der Waals surface area contributed by atoms with E-state index < -0.39 is 0 Å². The molecule has 0 bridgehead atoms. The van der Waals surface area contributed by atoms with Gasteiger partial charge in [0.05, 0.1) is 21.3 Å². The molecule has 0 saturated carbocycles. The first kappa shape index (κ1) is 21.8. The van der Waals surface area contributed by atoms with Crippen molar-refractivity contribution >= 4 is 62.2 Å². The maximum atomic E-state index is 12.2. The maximum absolute atomic E-state index is 12.2. The summed E-state index contributed by atoms with van der Waals surface area (Å²) in [5.74, 6) is 0.374. The number of hydrazone groups is 1. The van der Waals surface area contributed by atoms with Gasteiger partial charge in [0, 0.05) is 3.57 Å². The van der Waals surface area contributed by atoms with E-state index in [0.29, 0.717) is 17.2 Å². The third kappa shape index (κ3) is 6.29. The van der Waals surface area contributed by atoms with Crippen molar-refractivity contribution in [2.75, 3.05) is 0 Å². The van der Waals surface area contributed by atoms with Gasteiger partial charge < -0.3 is 4.74 Å². The Balaban J connectivity index is 1.59. The van der Waals surface area contributed by atoms with Crippen molar-refractivity contribution in [1.29, 1.82) is 0 Å². The summed E-state index contributed by atoms with van der Waals surface area (Å²) in [7, 11) is 0. The summed E-state index contributed by atoms with van der Waals surface area (Å²) in [6, 6.07) is 19.0. The average molecular weight is 584 g/mol. The van der Waals surface area contributed by atoms with E-state index >= 15 is 0 Å². The summed E-state index contributed by atoms with van der Waals surface area (Å²) in [4.78, 5) is 12.2. The van der Waals surface area contributed by atoms with Gasteiger partial charge in [-0.1, -0.05) is 29.8 Å². The molecular weight excluding hydrogens is 567 g/mol. The van der Waals surface area contributed by atoms with Crippen LogP contribution < -0.4 is 10.2 Å². The van der Waals surface area contributed by atoms with Gasteiger partial charge in [0.25, 0.3) is 5.91 Å². The molecule has 1 N–H and O–H groups in total. The number of carbonyl (C=O) groups is 1. The van der Waals surface area contributed by atoms with E-state index in [-0.39, 0.29) is 5.91 Å². The van der Waals surface area contributed by atoms with Crippen LogP contribution in [0.25, 0.3) is 0 Å². The number of carbonyl (C=O) groups excluding carboxylic acids is 1. The second-order valence-electron chi connectivity index (χ2n) is 6.29. The van der Waals surface area contributed by atoms with Gasteiger partial charge in [-0.2, -0.15) is 5.10 Å². The molecule has 0 unspecified atom stereocenters. The van der Waals surface area contributed by atoms with Gasteiger partial charge in [0.2, 0.25) is 0 Å². The molecule has 0 aliphatic heterocycles. The number of ether oxygens (including phenoxy) is 1. The molecule has 0 aromatic heterocycles. The molecule has 4 nitrogen and oxygen atoms in total. The van der Waals surface area contributed by atoms with Crippen molar-refractivity contribution in [2.45, 2.75) is 13.5 Å². The molecule has 3 rings (SSSR count). The molecule has 0 saturated heterocycles. The van der Waals surface area contributed by atoms with E-state index in [2.05, 4.69) is 49.0 Å². The number of aryl methyl sites for hydroxylation is 1. The molecule has 3 aromatic rings. The van der Waals surface area contributed by atoms with Gasteiger partial charge in [0.15, 0.2) is 0 Å². The first-order valence-corrected chi connectivity index (χ1v) is 10.9. The van der Waals surface area contributed by atoms with Crippen LogP contribution in [0, 0.1) is 10.5 Å². The van der Waals surface area contributed by atoms with Crippen LogP contribution in [-0.4, -0.2) is 12.1 Å². The van der Waals surface area contributed by atoms with Gasteiger partial charge in [-0.3, -0.25) is 4.79 Å². The Morgan fingerprint density at radius 2 is 1.93 bits per heavy atom. The third-order valence-electron chi connectivity index (χ3n) is 4.01. The lowest BCUT2D eigenvalue weighted by atomic mass is 10.1. The van der Waals surface area contributed by atoms with Gasteiger partial charge in [0.1, 0.15) is 12.4 Å². The van der Waals surface area contributed by atoms with Crippen molar-refractivity contribution in [3.05, 3.63) is 96.0 Å². The van der Waals surface area contributed by atoms with Crippen LogP contribution in [0.15, 0.2) is 70.2 Å². The lowest BCUT2D eigenvalue weighted by molar-refractivity contribution is 0.0955. The van der Waals surface area contributed by atoms with E-state index in [1.54, 1.807) is 18.3 Å². The van der Waals surface area contributed by atoms with E-state index in [1.165, 1.54) is 3.57 Å². The predicted octanol–water partition coefficient (Wildman–Crippen LogP) is 6.36. The minimum absolute atomic E-state index is 0.359. The fourth-order valence-corrected chi connectivity index (χ4v) is 3.68. The number of rotatable bonds is 6. The molecule has 1 amide bonds. The minimum atomic E-state index is -0.359. The summed E-state index contributed by atoms with van der Waals surface area (Å²) in [5, 5.41) is 4.41. The molecule has 0 aliphatic rings. The topological polar surface area (TPSA) is 50.7 Å². The number of nitrogens with zero attached hydrogens (tertiary/aromatic N) is 1. The summed E-state index contributed by atoms with van der Waals surface area (Å²) >= 11 is 11.9. The van der Waals surface area contributed by atoms with E-state index in [4.69, 9.17) is 16.3 Å². The van der Waals surface area contributed by atoms with Crippen molar-refractivity contribution in [1.82, 2.24) is 5.43 Å². The quantitative estimate of drug-likeness (QED) is 0.209. The fraction of sp³-hybridized carbons (Fsp3) is 0.0909. The van der Waals surface area contributed by atoms with Gasteiger partial charge in [-0.25, -0.2) is 5.43 Å². The molecule has 29 heavy (non-hydrogen) atoms. The van der Waals surface area contributed by atoms with E-state index in [9.17, 15) is 4.79 Å². The average Bonchev–Trinajstić information content (AvgIpc) is 2.68. The monoisotopic (exact) mass is 582 g/mol. The van der Waals surface area contributed by atoms with Gasteiger partial charge in [-0.15, -0.1) is 0 Å². The normalized spacial score (nSPS) is 10.9. The van der Waals surface area contributed by atoms with Crippen LogP contribution in [0.5, 0.6) is 5.75 Å². The smallest absolute Gasteiger partial charge is 0.272 e. The first-order valence-electron chi connectivity index (χ1n) is 8.69. The second kappa shape index (κ2) is 10.2. The Kier molecular flexibility index (Phi) is 7.69. The highest BCUT2D eigenvalue weighted by molar-refractivity contribution is 14.1. The number of nitrogens with one attached hydrogen (secondary N) is 1. The zero-order valence-electron chi connectivity index (χ0n) is 15.5. The fourth-order valence-electron chi connectivity index (χ4n) is 2.49. The molecule has 0 radical (unpaired) electrons. The molecular formula is C22H17BrClIN2O2. The van der Waals surface area contributed by atoms with Crippen LogP contribution in [0.1, 0.15) is 27.0 Å². The van der Waals surface area contributed by atoms with Crippen LogP contribution >= 0.6 is 50.1 Å². The van der Waals surface area contributed by atoms with Crippen LogP contribution in [0.4, 0.5) is 0 Å².